The van der Waals surface area contributed by atoms with Crippen LogP contribution in [0.2, 0.25) is 0 Å². The van der Waals surface area contributed by atoms with Crippen LogP contribution in [0.4, 0.5) is 0 Å². The number of rotatable bonds is 7. The summed E-state index contributed by atoms with van der Waals surface area (Å²) in [5, 5.41) is 18.2. The molecule has 0 saturated heterocycles. The molecule has 0 aliphatic heterocycles. The highest BCUT2D eigenvalue weighted by Gasteiger charge is 2.07. The third kappa shape index (κ3) is 4.21. The van der Waals surface area contributed by atoms with Crippen molar-refractivity contribution in [1.29, 1.82) is 0 Å². The van der Waals surface area contributed by atoms with E-state index in [-0.39, 0.29) is 6.61 Å². The average Bonchev–Trinajstić information content (AvgIpc) is 2.29. The minimum atomic E-state index is -0.506. The smallest absolute Gasteiger partial charge is 0.125 e. The summed E-state index contributed by atoms with van der Waals surface area (Å²) < 4.78 is 5.60. The van der Waals surface area contributed by atoms with E-state index >= 15 is 0 Å². The number of hydrogen-bond acceptors (Lipinski definition) is 3. The van der Waals surface area contributed by atoms with Crippen LogP contribution in [0.15, 0.2) is 24.3 Å². The van der Waals surface area contributed by atoms with Gasteiger partial charge in [0.2, 0.25) is 0 Å². The normalized spacial score (nSPS) is 12.4. The Bertz CT molecular complexity index is 297. The van der Waals surface area contributed by atoms with E-state index in [1.54, 1.807) is 6.92 Å². The molecule has 1 unspecified atom stereocenters. The molecule has 0 saturated carbocycles. The molecular weight excluding hydrogens is 204 g/mol. The highest BCUT2D eigenvalue weighted by Crippen LogP contribution is 2.24. The standard InChI is InChI=1S/C13H20O3/c1-11(15)12-7-3-4-8-13(12)16-10-6-2-5-9-14/h3-4,7-8,11,14-15H,2,5-6,9-10H2,1H3. The molecule has 0 aliphatic carbocycles. The summed E-state index contributed by atoms with van der Waals surface area (Å²) in [6, 6.07) is 7.53. The zero-order valence-corrected chi connectivity index (χ0v) is 9.72. The van der Waals surface area contributed by atoms with Crippen LogP contribution in [0.25, 0.3) is 0 Å². The highest BCUT2D eigenvalue weighted by molar-refractivity contribution is 5.34. The maximum atomic E-state index is 9.53. The summed E-state index contributed by atoms with van der Waals surface area (Å²) in [5.41, 5.74) is 0.824. The molecule has 2 N–H and O–H groups in total. The summed E-state index contributed by atoms with van der Waals surface area (Å²) in [5.74, 6) is 0.751. The van der Waals surface area contributed by atoms with Gasteiger partial charge in [0.1, 0.15) is 5.75 Å². The molecule has 3 nitrogen and oxygen atoms in total. The molecular formula is C13H20O3. The van der Waals surface area contributed by atoms with E-state index in [0.29, 0.717) is 6.61 Å². The van der Waals surface area contributed by atoms with Crippen molar-refractivity contribution < 1.29 is 14.9 Å². The van der Waals surface area contributed by atoms with Gasteiger partial charge < -0.3 is 14.9 Å². The van der Waals surface area contributed by atoms with E-state index in [1.807, 2.05) is 24.3 Å². The number of para-hydroxylation sites is 1. The lowest BCUT2D eigenvalue weighted by molar-refractivity contribution is 0.190. The fraction of sp³-hybridized carbons (Fsp3) is 0.538. The van der Waals surface area contributed by atoms with E-state index in [0.717, 1.165) is 30.6 Å². The molecule has 1 aromatic rings. The van der Waals surface area contributed by atoms with E-state index < -0.39 is 6.10 Å². The van der Waals surface area contributed by atoms with Gasteiger partial charge >= 0.3 is 0 Å². The van der Waals surface area contributed by atoms with Crippen LogP contribution in [0.5, 0.6) is 5.75 Å². The molecule has 0 fully saturated rings. The molecule has 0 radical (unpaired) electrons. The number of hydrogen-bond donors (Lipinski definition) is 2. The molecule has 0 aliphatic rings. The summed E-state index contributed by atoms with van der Waals surface area (Å²) in [6.07, 6.45) is 2.21. The first kappa shape index (κ1) is 13.0. The Morgan fingerprint density at radius 2 is 1.94 bits per heavy atom. The Morgan fingerprint density at radius 3 is 2.62 bits per heavy atom. The summed E-state index contributed by atoms with van der Waals surface area (Å²) >= 11 is 0. The van der Waals surface area contributed by atoms with Gasteiger partial charge in [-0.15, -0.1) is 0 Å². The fourth-order valence-electron chi connectivity index (χ4n) is 1.53. The van der Waals surface area contributed by atoms with Gasteiger partial charge in [0, 0.05) is 12.2 Å². The molecule has 0 amide bonds. The van der Waals surface area contributed by atoms with Crippen molar-refractivity contribution in [2.75, 3.05) is 13.2 Å². The average molecular weight is 224 g/mol. The van der Waals surface area contributed by atoms with Crippen LogP contribution >= 0.6 is 0 Å². The molecule has 16 heavy (non-hydrogen) atoms. The van der Waals surface area contributed by atoms with E-state index in [9.17, 15) is 5.11 Å². The number of unbranched alkanes of at least 4 members (excludes halogenated alkanes) is 2. The van der Waals surface area contributed by atoms with Crippen molar-refractivity contribution >= 4 is 0 Å². The van der Waals surface area contributed by atoms with Crippen LogP contribution in [-0.2, 0) is 0 Å². The first-order valence-electron chi connectivity index (χ1n) is 5.76. The topological polar surface area (TPSA) is 49.7 Å². The van der Waals surface area contributed by atoms with Crippen molar-refractivity contribution in [2.45, 2.75) is 32.3 Å². The second-order valence-corrected chi connectivity index (χ2v) is 3.85. The second-order valence-electron chi connectivity index (χ2n) is 3.85. The Hall–Kier alpha value is -1.06. The van der Waals surface area contributed by atoms with Crippen LogP contribution in [0.3, 0.4) is 0 Å². The Balaban J connectivity index is 2.41. The Kier molecular flexibility index (Phi) is 5.90. The number of ether oxygens (including phenoxy) is 1. The van der Waals surface area contributed by atoms with Gasteiger partial charge in [-0.2, -0.15) is 0 Å². The molecule has 1 atom stereocenters. The molecule has 90 valence electrons. The minimum Gasteiger partial charge on any atom is -0.493 e. The molecule has 3 heteroatoms. The van der Waals surface area contributed by atoms with Gasteiger partial charge in [-0.05, 0) is 32.3 Å². The van der Waals surface area contributed by atoms with Crippen molar-refractivity contribution in [3.05, 3.63) is 29.8 Å². The number of benzene rings is 1. The quantitative estimate of drug-likeness (QED) is 0.699. The zero-order valence-electron chi connectivity index (χ0n) is 9.72. The largest absolute Gasteiger partial charge is 0.493 e. The predicted octanol–water partition coefficient (Wildman–Crippen LogP) is 2.28. The molecule has 0 heterocycles. The lowest BCUT2D eigenvalue weighted by atomic mass is 10.1. The van der Waals surface area contributed by atoms with Crippen LogP contribution in [0.1, 0.15) is 37.9 Å². The second kappa shape index (κ2) is 7.25. The highest BCUT2D eigenvalue weighted by atomic mass is 16.5. The summed E-state index contributed by atoms with van der Waals surface area (Å²) in [6.45, 7) is 2.60. The third-order valence-electron chi connectivity index (χ3n) is 2.43. The minimum absolute atomic E-state index is 0.240. The van der Waals surface area contributed by atoms with Gasteiger partial charge in [0.15, 0.2) is 0 Å². The van der Waals surface area contributed by atoms with E-state index in [4.69, 9.17) is 9.84 Å². The van der Waals surface area contributed by atoms with E-state index in [2.05, 4.69) is 0 Å². The summed E-state index contributed by atoms with van der Waals surface area (Å²) in [7, 11) is 0. The Morgan fingerprint density at radius 1 is 1.19 bits per heavy atom. The van der Waals surface area contributed by atoms with Gasteiger partial charge in [0.25, 0.3) is 0 Å². The van der Waals surface area contributed by atoms with Crippen molar-refractivity contribution in [3.63, 3.8) is 0 Å². The fourth-order valence-corrected chi connectivity index (χ4v) is 1.53. The lowest BCUT2D eigenvalue weighted by Crippen LogP contribution is -2.02. The van der Waals surface area contributed by atoms with Gasteiger partial charge in [-0.1, -0.05) is 18.2 Å². The maximum absolute atomic E-state index is 9.53. The maximum Gasteiger partial charge on any atom is 0.125 e. The van der Waals surface area contributed by atoms with Crippen molar-refractivity contribution in [2.24, 2.45) is 0 Å². The van der Waals surface area contributed by atoms with Crippen LogP contribution < -0.4 is 4.74 Å². The van der Waals surface area contributed by atoms with Crippen molar-refractivity contribution in [3.8, 4) is 5.75 Å². The monoisotopic (exact) mass is 224 g/mol. The van der Waals surface area contributed by atoms with Gasteiger partial charge in [0.05, 0.1) is 12.7 Å². The predicted molar refractivity (Wildman–Crippen MR) is 63.5 cm³/mol. The molecule has 0 bridgehead atoms. The first-order chi connectivity index (χ1) is 7.75. The lowest BCUT2D eigenvalue weighted by Gasteiger charge is -2.12. The first-order valence-corrected chi connectivity index (χ1v) is 5.76. The van der Waals surface area contributed by atoms with Gasteiger partial charge in [-0.25, -0.2) is 0 Å². The SMILES string of the molecule is CC(O)c1ccccc1OCCCCCO. The van der Waals surface area contributed by atoms with Crippen LogP contribution in [-0.4, -0.2) is 23.4 Å². The summed E-state index contributed by atoms with van der Waals surface area (Å²) in [4.78, 5) is 0. The number of aliphatic hydroxyl groups is 2. The van der Waals surface area contributed by atoms with Crippen LogP contribution in [0, 0.1) is 0 Å². The van der Waals surface area contributed by atoms with Crippen molar-refractivity contribution in [1.82, 2.24) is 0 Å². The molecule has 1 aromatic carbocycles. The number of aliphatic hydroxyl groups excluding tert-OH is 2. The van der Waals surface area contributed by atoms with E-state index in [1.165, 1.54) is 0 Å². The third-order valence-corrected chi connectivity index (χ3v) is 2.43. The zero-order chi connectivity index (χ0) is 11.8. The molecule has 0 spiro atoms. The van der Waals surface area contributed by atoms with Gasteiger partial charge in [-0.3, -0.25) is 0 Å². The Labute approximate surface area is 96.7 Å². The molecule has 0 aromatic heterocycles. The molecule has 1 rings (SSSR count).